The minimum Gasteiger partial charge on any atom is -0.462 e. The highest BCUT2D eigenvalue weighted by Crippen LogP contribution is 2.43. The van der Waals surface area contributed by atoms with Gasteiger partial charge >= 0.3 is 19.8 Å². The molecule has 300 valence electrons. The van der Waals surface area contributed by atoms with Crippen LogP contribution >= 0.6 is 7.82 Å². The largest absolute Gasteiger partial charge is 0.472 e. The number of esters is 2. The van der Waals surface area contributed by atoms with Gasteiger partial charge in [0, 0.05) is 19.4 Å². The molecule has 5 N–H and O–H groups in total. The van der Waals surface area contributed by atoms with Gasteiger partial charge in [-0.25, -0.2) is 4.57 Å². The van der Waals surface area contributed by atoms with E-state index in [2.05, 4.69) is 32.1 Å². The van der Waals surface area contributed by atoms with Crippen LogP contribution < -0.4 is 5.73 Å². The molecule has 11 nitrogen and oxygen atoms in total. The van der Waals surface area contributed by atoms with Crippen molar-refractivity contribution in [2.75, 3.05) is 26.4 Å². The van der Waals surface area contributed by atoms with Crippen LogP contribution in [0.4, 0.5) is 0 Å². The molecular weight excluding hydrogens is 673 g/mol. The second-order valence-electron chi connectivity index (χ2n) is 13.5. The van der Waals surface area contributed by atoms with E-state index in [4.69, 9.17) is 24.3 Å². The zero-order chi connectivity index (χ0) is 37.8. The van der Waals surface area contributed by atoms with E-state index in [-0.39, 0.29) is 32.6 Å². The molecule has 0 saturated carbocycles. The third kappa shape index (κ3) is 34.0. The van der Waals surface area contributed by atoms with Crippen molar-refractivity contribution in [2.24, 2.45) is 5.73 Å². The number of hydrogen-bond acceptors (Lipinski definition) is 10. The number of carbonyl (C=O) groups excluding carboxylic acids is 2. The molecule has 0 aliphatic heterocycles. The maximum absolute atomic E-state index is 12.5. The summed E-state index contributed by atoms with van der Waals surface area (Å²) in [5.41, 5.74) is 5.32. The molecule has 0 radical (unpaired) electrons. The maximum Gasteiger partial charge on any atom is 0.472 e. The summed E-state index contributed by atoms with van der Waals surface area (Å²) in [7, 11) is -4.41. The van der Waals surface area contributed by atoms with Gasteiger partial charge in [-0.2, -0.15) is 0 Å². The summed E-state index contributed by atoms with van der Waals surface area (Å²) in [6, 6.07) is 0. The van der Waals surface area contributed by atoms with Crippen molar-refractivity contribution in [3.05, 3.63) is 24.3 Å². The standard InChI is InChI=1S/C39H74NO10P/c1-3-5-7-9-11-12-13-14-15-16-17-21-25-29-38(43)47-33-35(34-49-51(45,46)48-32-31-40)50-39(44)30-26-22-18-20-24-28-37(42)36(41)27-23-19-10-8-6-4-2/h12-13,19,23,35-37,41-42H,3-11,14-18,20-22,24-34,40H2,1-2H3,(H,45,46)/b13-12-,23-19-/t35-,36+,37+/m1/s1. The van der Waals surface area contributed by atoms with Gasteiger partial charge in [-0.15, -0.1) is 0 Å². The lowest BCUT2D eigenvalue weighted by Crippen LogP contribution is -2.29. The number of aliphatic hydroxyl groups excluding tert-OH is 2. The molecule has 0 spiro atoms. The Bertz CT molecular complexity index is 932. The Balaban J connectivity index is 4.34. The first kappa shape index (κ1) is 49.4. The monoisotopic (exact) mass is 748 g/mol. The lowest BCUT2D eigenvalue weighted by Gasteiger charge is -2.20. The first-order chi connectivity index (χ1) is 24.6. The Labute approximate surface area is 309 Å². The van der Waals surface area contributed by atoms with Gasteiger partial charge in [0.25, 0.3) is 0 Å². The van der Waals surface area contributed by atoms with Crippen LogP contribution in [-0.2, 0) is 32.7 Å². The zero-order valence-corrected chi connectivity index (χ0v) is 33.0. The van der Waals surface area contributed by atoms with Crippen LogP contribution in [0, 0.1) is 0 Å². The summed E-state index contributed by atoms with van der Waals surface area (Å²) in [5, 5.41) is 20.4. The molecule has 0 rings (SSSR count). The van der Waals surface area contributed by atoms with E-state index >= 15 is 0 Å². The summed E-state index contributed by atoms with van der Waals surface area (Å²) >= 11 is 0. The number of phosphoric acid groups is 1. The van der Waals surface area contributed by atoms with Crippen molar-refractivity contribution in [1.29, 1.82) is 0 Å². The summed E-state index contributed by atoms with van der Waals surface area (Å²) < 4.78 is 32.6. The van der Waals surface area contributed by atoms with Gasteiger partial charge in [-0.05, 0) is 64.2 Å². The predicted octanol–water partition coefficient (Wildman–Crippen LogP) is 8.77. The van der Waals surface area contributed by atoms with Crippen molar-refractivity contribution in [1.82, 2.24) is 0 Å². The Morgan fingerprint density at radius 3 is 1.78 bits per heavy atom. The van der Waals surface area contributed by atoms with Crippen molar-refractivity contribution in [3.8, 4) is 0 Å². The first-order valence-corrected chi connectivity index (χ1v) is 21.5. The van der Waals surface area contributed by atoms with Gasteiger partial charge in [0.1, 0.15) is 6.61 Å². The minimum atomic E-state index is -4.41. The lowest BCUT2D eigenvalue weighted by molar-refractivity contribution is -0.161. The Morgan fingerprint density at radius 2 is 1.16 bits per heavy atom. The van der Waals surface area contributed by atoms with Crippen LogP contribution in [0.3, 0.4) is 0 Å². The minimum absolute atomic E-state index is 0.0273. The zero-order valence-electron chi connectivity index (χ0n) is 32.1. The number of aliphatic hydroxyl groups is 2. The van der Waals surface area contributed by atoms with Gasteiger partial charge < -0.3 is 30.3 Å². The van der Waals surface area contributed by atoms with Crippen molar-refractivity contribution >= 4 is 19.8 Å². The molecule has 0 heterocycles. The second-order valence-corrected chi connectivity index (χ2v) is 14.9. The number of hydrogen-bond donors (Lipinski definition) is 4. The fraction of sp³-hybridized carbons (Fsp3) is 0.846. The summed E-state index contributed by atoms with van der Waals surface area (Å²) in [5.74, 6) is -0.951. The van der Waals surface area contributed by atoms with Crippen LogP contribution in [-0.4, -0.2) is 71.7 Å². The molecule has 0 aliphatic rings. The molecule has 0 aromatic heterocycles. The Kier molecular flexibility index (Phi) is 34.3. The molecule has 51 heavy (non-hydrogen) atoms. The van der Waals surface area contributed by atoms with Crippen LogP contribution in [0.5, 0.6) is 0 Å². The quantitative estimate of drug-likeness (QED) is 0.0207. The lowest BCUT2D eigenvalue weighted by atomic mass is 10.0. The van der Waals surface area contributed by atoms with Crippen molar-refractivity contribution in [3.63, 3.8) is 0 Å². The first-order valence-electron chi connectivity index (χ1n) is 20.0. The molecule has 0 aromatic carbocycles. The predicted molar refractivity (Wildman–Crippen MR) is 204 cm³/mol. The summed E-state index contributed by atoms with van der Waals surface area (Å²) in [6.45, 7) is 3.45. The highest BCUT2D eigenvalue weighted by molar-refractivity contribution is 7.47. The number of carbonyl (C=O) groups is 2. The highest BCUT2D eigenvalue weighted by atomic mass is 31.2. The van der Waals surface area contributed by atoms with E-state index in [0.29, 0.717) is 25.7 Å². The van der Waals surface area contributed by atoms with Crippen molar-refractivity contribution < 1.29 is 47.8 Å². The molecule has 12 heteroatoms. The molecule has 0 saturated heterocycles. The molecular formula is C39H74NO10P. The maximum atomic E-state index is 12.5. The Hall–Kier alpha value is -1.59. The number of allylic oxidation sites excluding steroid dienone is 3. The van der Waals surface area contributed by atoms with Crippen LogP contribution in [0.25, 0.3) is 0 Å². The summed E-state index contributed by atoms with van der Waals surface area (Å²) in [4.78, 5) is 34.8. The average Bonchev–Trinajstić information content (AvgIpc) is 3.11. The van der Waals surface area contributed by atoms with E-state index in [1.807, 2.05) is 6.08 Å². The molecule has 4 atom stereocenters. The third-order valence-electron chi connectivity index (χ3n) is 8.51. The highest BCUT2D eigenvalue weighted by Gasteiger charge is 2.26. The number of nitrogens with two attached hydrogens (primary N) is 1. The smallest absolute Gasteiger partial charge is 0.462 e. The topological polar surface area (TPSA) is 175 Å². The fourth-order valence-corrected chi connectivity index (χ4v) is 6.12. The average molecular weight is 748 g/mol. The van der Waals surface area contributed by atoms with Gasteiger partial charge in [-0.3, -0.25) is 18.6 Å². The van der Waals surface area contributed by atoms with Crippen LogP contribution in [0.2, 0.25) is 0 Å². The van der Waals surface area contributed by atoms with E-state index < -0.39 is 44.7 Å². The van der Waals surface area contributed by atoms with E-state index in [1.165, 1.54) is 38.5 Å². The second kappa shape index (κ2) is 35.4. The molecule has 0 bridgehead atoms. The van der Waals surface area contributed by atoms with Gasteiger partial charge in [0.05, 0.1) is 25.4 Å². The van der Waals surface area contributed by atoms with Gasteiger partial charge in [0.2, 0.25) is 0 Å². The molecule has 0 amide bonds. The molecule has 1 unspecified atom stereocenters. The summed E-state index contributed by atoms with van der Waals surface area (Å²) in [6.07, 6.45) is 28.0. The number of unbranched alkanes of at least 4 members (excludes halogenated alkanes) is 16. The normalized spacial score (nSPS) is 14.9. The number of phosphoric ester groups is 1. The van der Waals surface area contributed by atoms with Gasteiger partial charge in [-0.1, -0.05) is 115 Å². The van der Waals surface area contributed by atoms with Gasteiger partial charge in [0.15, 0.2) is 6.10 Å². The SMILES string of the molecule is CCCCC/C=C\C[C@H](O)[C@@H](O)CCCCCCCC(=O)O[C@H](COC(=O)CCCCCCC/C=C\CCCCCC)COP(=O)(O)OCCN. The van der Waals surface area contributed by atoms with Crippen LogP contribution in [0.15, 0.2) is 24.3 Å². The van der Waals surface area contributed by atoms with Crippen LogP contribution in [0.1, 0.15) is 168 Å². The number of rotatable bonds is 37. The molecule has 0 aromatic rings. The van der Waals surface area contributed by atoms with E-state index in [9.17, 15) is 29.3 Å². The molecule has 0 fully saturated rings. The van der Waals surface area contributed by atoms with E-state index in [0.717, 1.165) is 77.0 Å². The Morgan fingerprint density at radius 1 is 0.647 bits per heavy atom. The molecule has 0 aliphatic carbocycles. The third-order valence-corrected chi connectivity index (χ3v) is 9.49. The fourth-order valence-electron chi connectivity index (χ4n) is 5.36. The number of ether oxygens (including phenoxy) is 2. The van der Waals surface area contributed by atoms with Crippen molar-refractivity contribution in [2.45, 2.75) is 186 Å². The van der Waals surface area contributed by atoms with E-state index in [1.54, 1.807) is 0 Å².